The summed E-state index contributed by atoms with van der Waals surface area (Å²) in [5, 5.41) is 3.84. The normalized spacial score (nSPS) is 11.1. The van der Waals surface area contributed by atoms with Gasteiger partial charge in [-0.2, -0.15) is 0 Å². The molecule has 86 valence electrons. The van der Waals surface area contributed by atoms with Gasteiger partial charge in [0.2, 0.25) is 0 Å². The van der Waals surface area contributed by atoms with Crippen molar-refractivity contribution in [1.29, 1.82) is 0 Å². The van der Waals surface area contributed by atoms with Crippen LogP contribution in [0.25, 0.3) is 10.1 Å². The molecule has 2 heterocycles. The van der Waals surface area contributed by atoms with E-state index < -0.39 is 0 Å². The summed E-state index contributed by atoms with van der Waals surface area (Å²) in [5.41, 5.74) is 1.04. The van der Waals surface area contributed by atoms with Crippen LogP contribution in [0.4, 0.5) is 0 Å². The van der Waals surface area contributed by atoms with Gasteiger partial charge in [0, 0.05) is 5.38 Å². The number of nitrogens with zero attached hydrogens (tertiary/aromatic N) is 2. The van der Waals surface area contributed by atoms with Gasteiger partial charge in [0.15, 0.2) is 0 Å². The van der Waals surface area contributed by atoms with E-state index in [1.165, 1.54) is 11.5 Å². The van der Waals surface area contributed by atoms with Crippen LogP contribution >= 0.6 is 22.9 Å². The molecular weight excluding hydrogens is 252 g/mol. The second-order valence-electron chi connectivity index (χ2n) is 3.79. The summed E-state index contributed by atoms with van der Waals surface area (Å²) in [6.07, 6.45) is 0. The molecule has 3 nitrogen and oxygen atoms in total. The number of hydrogen-bond donors (Lipinski definition) is 0. The molecule has 0 aliphatic rings. The minimum Gasteiger partial charge on any atom is -0.268 e. The van der Waals surface area contributed by atoms with Gasteiger partial charge in [0.05, 0.1) is 27.3 Å². The quantitative estimate of drug-likeness (QED) is 0.712. The first-order valence-corrected chi connectivity index (χ1v) is 6.89. The molecule has 3 aromatic rings. The molecule has 3 rings (SSSR count). The van der Waals surface area contributed by atoms with Crippen molar-refractivity contribution in [3.8, 4) is 0 Å². The summed E-state index contributed by atoms with van der Waals surface area (Å²) in [5.74, 6) is 0. The molecule has 0 saturated carbocycles. The molecule has 17 heavy (non-hydrogen) atoms. The van der Waals surface area contributed by atoms with Crippen LogP contribution in [-0.2, 0) is 6.54 Å². The average Bonchev–Trinajstić information content (AvgIpc) is 2.86. The van der Waals surface area contributed by atoms with Gasteiger partial charge in [-0.1, -0.05) is 23.7 Å². The zero-order valence-electron chi connectivity index (χ0n) is 9.21. The zero-order valence-corrected chi connectivity index (χ0v) is 10.8. The van der Waals surface area contributed by atoms with Crippen molar-refractivity contribution < 1.29 is 0 Å². The summed E-state index contributed by atoms with van der Waals surface area (Å²) >= 11 is 3.11. The van der Waals surface area contributed by atoms with E-state index in [4.69, 9.17) is 0 Å². The predicted octanol–water partition coefficient (Wildman–Crippen LogP) is 2.88. The molecule has 0 saturated heterocycles. The maximum atomic E-state index is 12.1. The first-order chi connectivity index (χ1) is 8.24. The number of hydrogen-bond acceptors (Lipinski definition) is 4. The van der Waals surface area contributed by atoms with Crippen LogP contribution in [0.15, 0.2) is 34.4 Å². The predicted molar refractivity (Wildman–Crippen MR) is 72.0 cm³/mol. The summed E-state index contributed by atoms with van der Waals surface area (Å²) in [6.45, 7) is 2.55. The standard InChI is InChI=1S/C12H10N2OS2/c1-8-13-9(7-16-8)6-14-12(15)10-4-2-3-5-11(10)17-14/h2-5,7H,6H2,1H3. The fourth-order valence-electron chi connectivity index (χ4n) is 1.75. The second kappa shape index (κ2) is 4.09. The third-order valence-electron chi connectivity index (χ3n) is 2.52. The first kappa shape index (κ1) is 10.7. The Hall–Kier alpha value is -1.46. The van der Waals surface area contributed by atoms with Crippen LogP contribution in [0.5, 0.6) is 0 Å². The van der Waals surface area contributed by atoms with E-state index in [-0.39, 0.29) is 5.56 Å². The second-order valence-corrected chi connectivity index (χ2v) is 5.91. The molecule has 0 fully saturated rings. The van der Waals surface area contributed by atoms with Gasteiger partial charge in [0.1, 0.15) is 0 Å². The summed E-state index contributed by atoms with van der Waals surface area (Å²) in [4.78, 5) is 16.5. The van der Waals surface area contributed by atoms with Crippen molar-refractivity contribution in [2.75, 3.05) is 0 Å². The van der Waals surface area contributed by atoms with E-state index in [0.717, 1.165) is 20.8 Å². The Labute approximate surface area is 106 Å². The fraction of sp³-hybridized carbons (Fsp3) is 0.167. The SMILES string of the molecule is Cc1nc(Cn2sc3ccccc3c2=O)cs1. The van der Waals surface area contributed by atoms with E-state index >= 15 is 0 Å². The average molecular weight is 262 g/mol. The lowest BCUT2D eigenvalue weighted by atomic mass is 10.3. The number of fused-ring (bicyclic) bond motifs is 1. The van der Waals surface area contributed by atoms with Crippen LogP contribution < -0.4 is 5.56 Å². The highest BCUT2D eigenvalue weighted by Gasteiger charge is 2.08. The molecule has 0 radical (unpaired) electrons. The molecule has 0 amide bonds. The van der Waals surface area contributed by atoms with E-state index in [0.29, 0.717) is 6.54 Å². The van der Waals surface area contributed by atoms with E-state index in [1.54, 1.807) is 15.3 Å². The number of aryl methyl sites for hydroxylation is 1. The Bertz CT molecular complexity index is 723. The van der Waals surface area contributed by atoms with Gasteiger partial charge in [-0.15, -0.1) is 11.3 Å². The molecule has 0 N–H and O–H groups in total. The fourth-order valence-corrected chi connectivity index (χ4v) is 3.36. The smallest absolute Gasteiger partial charge is 0.268 e. The minimum atomic E-state index is 0.0799. The third kappa shape index (κ3) is 1.92. The minimum absolute atomic E-state index is 0.0799. The Morgan fingerprint density at radius 3 is 2.88 bits per heavy atom. The lowest BCUT2D eigenvalue weighted by Crippen LogP contribution is -2.13. The number of thiazole rings is 1. The van der Waals surface area contributed by atoms with Crippen molar-refractivity contribution >= 4 is 33.0 Å². The Morgan fingerprint density at radius 1 is 1.35 bits per heavy atom. The third-order valence-corrected chi connectivity index (χ3v) is 4.42. The summed E-state index contributed by atoms with van der Waals surface area (Å²) in [7, 11) is 0. The van der Waals surface area contributed by atoms with E-state index in [1.807, 2.05) is 36.6 Å². The molecule has 0 bridgehead atoms. The Kier molecular flexibility index (Phi) is 2.57. The zero-order chi connectivity index (χ0) is 11.8. The van der Waals surface area contributed by atoms with E-state index in [2.05, 4.69) is 4.98 Å². The number of aromatic nitrogens is 2. The largest absolute Gasteiger partial charge is 0.268 e. The van der Waals surface area contributed by atoms with Crippen molar-refractivity contribution in [2.45, 2.75) is 13.5 Å². The maximum Gasteiger partial charge on any atom is 0.268 e. The van der Waals surface area contributed by atoms with Gasteiger partial charge in [-0.3, -0.25) is 8.75 Å². The van der Waals surface area contributed by atoms with Crippen LogP contribution in [0, 0.1) is 6.92 Å². The monoisotopic (exact) mass is 262 g/mol. The van der Waals surface area contributed by atoms with Gasteiger partial charge in [0.25, 0.3) is 5.56 Å². The van der Waals surface area contributed by atoms with Crippen molar-refractivity contribution in [3.63, 3.8) is 0 Å². The highest BCUT2D eigenvalue weighted by Crippen LogP contribution is 2.17. The van der Waals surface area contributed by atoms with Gasteiger partial charge in [-0.25, -0.2) is 4.98 Å². The van der Waals surface area contributed by atoms with Gasteiger partial charge in [-0.05, 0) is 19.1 Å². The molecule has 0 spiro atoms. The van der Waals surface area contributed by atoms with Crippen LogP contribution in [-0.4, -0.2) is 8.94 Å². The number of benzene rings is 1. The summed E-state index contributed by atoms with van der Waals surface area (Å²) in [6, 6.07) is 7.70. The van der Waals surface area contributed by atoms with Crippen LogP contribution in [0.3, 0.4) is 0 Å². The Morgan fingerprint density at radius 2 is 2.18 bits per heavy atom. The topological polar surface area (TPSA) is 34.9 Å². The lowest BCUT2D eigenvalue weighted by molar-refractivity contribution is 0.827. The number of rotatable bonds is 2. The van der Waals surface area contributed by atoms with Gasteiger partial charge >= 0.3 is 0 Å². The molecule has 0 atom stereocenters. The lowest BCUT2D eigenvalue weighted by Gasteiger charge is -1.94. The molecule has 0 unspecified atom stereocenters. The molecule has 0 aliphatic heterocycles. The van der Waals surface area contributed by atoms with E-state index in [9.17, 15) is 4.79 Å². The summed E-state index contributed by atoms with van der Waals surface area (Å²) < 4.78 is 2.79. The van der Waals surface area contributed by atoms with Gasteiger partial charge < -0.3 is 0 Å². The highest BCUT2D eigenvalue weighted by atomic mass is 32.1. The highest BCUT2D eigenvalue weighted by molar-refractivity contribution is 7.13. The van der Waals surface area contributed by atoms with Crippen molar-refractivity contribution in [2.24, 2.45) is 0 Å². The molecule has 2 aromatic heterocycles. The Balaban J connectivity index is 2.06. The van der Waals surface area contributed by atoms with Crippen molar-refractivity contribution in [1.82, 2.24) is 8.94 Å². The van der Waals surface area contributed by atoms with Crippen LogP contribution in [0.1, 0.15) is 10.7 Å². The molecule has 5 heteroatoms. The van der Waals surface area contributed by atoms with Crippen LogP contribution in [0.2, 0.25) is 0 Å². The molecular formula is C12H10N2OS2. The maximum absolute atomic E-state index is 12.1. The molecule has 1 aromatic carbocycles. The van der Waals surface area contributed by atoms with Crippen molar-refractivity contribution in [3.05, 3.63) is 50.7 Å². The molecule has 0 aliphatic carbocycles. The first-order valence-electron chi connectivity index (χ1n) is 5.24.